The zero-order chi connectivity index (χ0) is 20.3. The molecular formula is C20H18N4O3S. The van der Waals surface area contributed by atoms with Crippen molar-refractivity contribution in [2.75, 3.05) is 13.3 Å². The van der Waals surface area contributed by atoms with E-state index in [9.17, 15) is 13.2 Å². The van der Waals surface area contributed by atoms with Crippen molar-refractivity contribution in [2.24, 2.45) is 0 Å². The number of carbonyl (C=O) groups excluding carboxylic acids is 1. The Morgan fingerprint density at radius 3 is 2.32 bits per heavy atom. The molecule has 3 aromatic rings. The number of likely N-dealkylation sites (N-methyl/N-ethyl adjacent to an activating group) is 1. The van der Waals surface area contributed by atoms with Gasteiger partial charge in [-0.3, -0.25) is 4.79 Å². The number of carbonyl (C=O) groups is 1. The molecule has 28 heavy (non-hydrogen) atoms. The number of nitriles is 1. The Bertz CT molecular complexity index is 1160. The average Bonchev–Trinajstić information content (AvgIpc) is 3.11. The molecule has 1 heterocycles. The summed E-state index contributed by atoms with van der Waals surface area (Å²) in [6.07, 6.45) is 1.28. The van der Waals surface area contributed by atoms with Crippen LogP contribution in [0, 0.1) is 11.3 Å². The van der Waals surface area contributed by atoms with E-state index in [-0.39, 0.29) is 17.2 Å². The molecule has 0 aliphatic heterocycles. The van der Waals surface area contributed by atoms with Gasteiger partial charge < -0.3 is 5.32 Å². The smallest absolute Gasteiger partial charge is 0.225 e. The Morgan fingerprint density at radius 1 is 1.14 bits per heavy atom. The molecule has 0 fully saturated rings. The van der Waals surface area contributed by atoms with E-state index >= 15 is 0 Å². The van der Waals surface area contributed by atoms with Crippen LogP contribution in [0.5, 0.6) is 0 Å². The van der Waals surface area contributed by atoms with Crippen molar-refractivity contribution in [3.8, 4) is 23.0 Å². The number of amides is 1. The number of rotatable bonds is 5. The van der Waals surface area contributed by atoms with E-state index in [4.69, 9.17) is 5.26 Å². The first-order chi connectivity index (χ1) is 13.3. The van der Waals surface area contributed by atoms with Gasteiger partial charge in [0.1, 0.15) is 0 Å². The van der Waals surface area contributed by atoms with Gasteiger partial charge in [0.15, 0.2) is 9.84 Å². The minimum atomic E-state index is -3.29. The SMILES string of the molecule is CNC(=O)Cc1cc(-c2ccc(S(C)(=O)=O)cc2)n(-c2ccc(C#N)cc2)n1. The first-order valence-corrected chi connectivity index (χ1v) is 10.3. The van der Waals surface area contributed by atoms with Crippen LogP contribution in [0.2, 0.25) is 0 Å². The second-order valence-corrected chi connectivity index (χ2v) is 8.25. The molecule has 2 aromatic carbocycles. The number of hydrogen-bond acceptors (Lipinski definition) is 5. The largest absolute Gasteiger partial charge is 0.359 e. The molecule has 0 saturated heterocycles. The Kier molecular flexibility index (Phi) is 5.29. The quantitative estimate of drug-likeness (QED) is 0.713. The molecule has 0 unspecified atom stereocenters. The van der Waals surface area contributed by atoms with E-state index in [1.54, 1.807) is 66.3 Å². The van der Waals surface area contributed by atoms with Crippen molar-refractivity contribution in [2.45, 2.75) is 11.3 Å². The molecule has 0 spiro atoms. The Hall–Kier alpha value is -3.44. The maximum atomic E-state index is 11.8. The number of nitrogens with zero attached hydrogens (tertiary/aromatic N) is 3. The van der Waals surface area contributed by atoms with Gasteiger partial charge >= 0.3 is 0 Å². The number of benzene rings is 2. The van der Waals surface area contributed by atoms with E-state index in [1.807, 2.05) is 0 Å². The summed E-state index contributed by atoms with van der Waals surface area (Å²) < 4.78 is 25.1. The van der Waals surface area contributed by atoms with Gasteiger partial charge in [-0.25, -0.2) is 13.1 Å². The second-order valence-electron chi connectivity index (χ2n) is 6.24. The summed E-state index contributed by atoms with van der Waals surface area (Å²) in [5, 5.41) is 16.1. The van der Waals surface area contributed by atoms with Crippen LogP contribution >= 0.6 is 0 Å². The summed E-state index contributed by atoms with van der Waals surface area (Å²) in [4.78, 5) is 12.0. The number of hydrogen-bond donors (Lipinski definition) is 1. The predicted octanol–water partition coefficient (Wildman–Crippen LogP) is 2.10. The second kappa shape index (κ2) is 7.66. The molecule has 0 saturated carbocycles. The summed E-state index contributed by atoms with van der Waals surface area (Å²) in [5.41, 5.74) is 3.30. The van der Waals surface area contributed by atoms with E-state index in [0.29, 0.717) is 17.0 Å². The molecule has 0 aliphatic rings. The minimum Gasteiger partial charge on any atom is -0.359 e. The van der Waals surface area contributed by atoms with Crippen LogP contribution in [-0.2, 0) is 21.1 Å². The molecule has 1 aromatic heterocycles. The fourth-order valence-corrected chi connectivity index (χ4v) is 3.35. The van der Waals surface area contributed by atoms with Gasteiger partial charge in [-0.15, -0.1) is 0 Å². The lowest BCUT2D eigenvalue weighted by molar-refractivity contribution is -0.120. The third-order valence-corrected chi connectivity index (χ3v) is 5.33. The highest BCUT2D eigenvalue weighted by Crippen LogP contribution is 2.26. The van der Waals surface area contributed by atoms with Gasteiger partial charge in [-0.05, 0) is 42.5 Å². The van der Waals surface area contributed by atoms with Crippen molar-refractivity contribution in [3.63, 3.8) is 0 Å². The third kappa shape index (κ3) is 4.10. The van der Waals surface area contributed by atoms with Crippen molar-refractivity contribution in [1.29, 1.82) is 5.26 Å². The highest BCUT2D eigenvalue weighted by molar-refractivity contribution is 7.90. The van der Waals surface area contributed by atoms with Crippen molar-refractivity contribution in [3.05, 3.63) is 65.9 Å². The van der Waals surface area contributed by atoms with Gasteiger partial charge in [0.25, 0.3) is 0 Å². The van der Waals surface area contributed by atoms with Crippen LogP contribution in [0.1, 0.15) is 11.3 Å². The van der Waals surface area contributed by atoms with Crippen LogP contribution < -0.4 is 5.32 Å². The molecule has 0 atom stereocenters. The van der Waals surface area contributed by atoms with Crippen LogP contribution in [0.15, 0.2) is 59.5 Å². The maximum absolute atomic E-state index is 11.8. The molecule has 3 rings (SSSR count). The normalized spacial score (nSPS) is 11.0. The summed E-state index contributed by atoms with van der Waals surface area (Å²) in [6, 6.07) is 17.3. The highest BCUT2D eigenvalue weighted by Gasteiger charge is 2.15. The number of sulfone groups is 1. The first-order valence-electron chi connectivity index (χ1n) is 8.42. The average molecular weight is 394 g/mol. The molecule has 1 amide bonds. The van der Waals surface area contributed by atoms with Gasteiger partial charge in [0, 0.05) is 18.9 Å². The van der Waals surface area contributed by atoms with Crippen molar-refractivity contribution < 1.29 is 13.2 Å². The Labute approximate surface area is 163 Å². The zero-order valence-corrected chi connectivity index (χ0v) is 16.2. The summed E-state index contributed by atoms with van der Waals surface area (Å²) in [6.45, 7) is 0. The lowest BCUT2D eigenvalue weighted by Gasteiger charge is -2.08. The minimum absolute atomic E-state index is 0.119. The maximum Gasteiger partial charge on any atom is 0.225 e. The summed E-state index contributed by atoms with van der Waals surface area (Å²) in [5.74, 6) is -0.163. The Morgan fingerprint density at radius 2 is 1.79 bits per heavy atom. The van der Waals surface area contributed by atoms with E-state index in [1.165, 1.54) is 0 Å². The number of aromatic nitrogens is 2. The number of nitrogens with one attached hydrogen (secondary N) is 1. The van der Waals surface area contributed by atoms with Crippen LogP contribution in [0.25, 0.3) is 16.9 Å². The molecule has 1 N–H and O–H groups in total. The summed E-state index contributed by atoms with van der Waals surface area (Å²) in [7, 11) is -1.73. The lowest BCUT2D eigenvalue weighted by atomic mass is 10.1. The first kappa shape index (κ1) is 19.3. The third-order valence-electron chi connectivity index (χ3n) is 4.20. The summed E-state index contributed by atoms with van der Waals surface area (Å²) >= 11 is 0. The van der Waals surface area contributed by atoms with E-state index < -0.39 is 9.84 Å². The molecule has 142 valence electrons. The lowest BCUT2D eigenvalue weighted by Crippen LogP contribution is -2.20. The molecule has 0 bridgehead atoms. The monoisotopic (exact) mass is 394 g/mol. The van der Waals surface area contributed by atoms with Crippen LogP contribution in [0.3, 0.4) is 0 Å². The standard InChI is InChI=1S/C20H18N4O3S/c1-22-20(25)12-16-11-19(15-5-9-18(10-6-15)28(2,26)27)24(23-16)17-7-3-14(13-21)4-8-17/h3-11H,12H2,1-2H3,(H,22,25). The van der Waals surface area contributed by atoms with Crippen LogP contribution in [-0.4, -0.2) is 37.4 Å². The van der Waals surface area contributed by atoms with Crippen molar-refractivity contribution >= 4 is 15.7 Å². The zero-order valence-electron chi connectivity index (χ0n) is 15.4. The predicted molar refractivity (Wildman–Crippen MR) is 105 cm³/mol. The fourth-order valence-electron chi connectivity index (χ4n) is 2.72. The molecular weight excluding hydrogens is 376 g/mol. The van der Waals surface area contributed by atoms with Crippen LogP contribution in [0.4, 0.5) is 0 Å². The molecule has 0 aliphatic carbocycles. The topological polar surface area (TPSA) is 105 Å². The molecule has 0 radical (unpaired) electrons. The Balaban J connectivity index is 2.09. The van der Waals surface area contributed by atoms with Gasteiger partial charge in [-0.2, -0.15) is 10.4 Å². The van der Waals surface area contributed by atoms with Crippen molar-refractivity contribution in [1.82, 2.24) is 15.1 Å². The highest BCUT2D eigenvalue weighted by atomic mass is 32.2. The molecule has 7 nitrogen and oxygen atoms in total. The fraction of sp³-hybridized carbons (Fsp3) is 0.150. The van der Waals surface area contributed by atoms with Gasteiger partial charge in [0.2, 0.25) is 5.91 Å². The molecule has 8 heteroatoms. The van der Waals surface area contributed by atoms with E-state index in [2.05, 4.69) is 16.5 Å². The van der Waals surface area contributed by atoms with E-state index in [0.717, 1.165) is 17.5 Å². The van der Waals surface area contributed by atoms with Gasteiger partial charge in [-0.1, -0.05) is 12.1 Å². The van der Waals surface area contributed by atoms with Gasteiger partial charge in [0.05, 0.1) is 40.0 Å².